The molecule has 0 atom stereocenters. The number of nitrogens with zero attached hydrogens (tertiary/aromatic N) is 4. The first-order chi connectivity index (χ1) is 13.7. The molecule has 0 saturated carbocycles. The molecule has 0 amide bonds. The van der Waals surface area contributed by atoms with Crippen molar-refractivity contribution in [2.24, 2.45) is 0 Å². The Morgan fingerprint density at radius 1 is 0.821 bits per heavy atom. The highest BCUT2D eigenvalue weighted by atomic mass is 35.5. The van der Waals surface area contributed by atoms with Crippen LogP contribution in [-0.2, 0) is 6.54 Å². The molecule has 0 spiro atoms. The van der Waals surface area contributed by atoms with Crippen LogP contribution in [-0.4, -0.2) is 47.4 Å². The van der Waals surface area contributed by atoms with Crippen molar-refractivity contribution in [1.82, 2.24) is 14.7 Å². The summed E-state index contributed by atoms with van der Waals surface area (Å²) < 4.78 is 1.58. The second-order valence-electron chi connectivity index (χ2n) is 6.95. The second-order valence-corrected chi connectivity index (χ2v) is 7.39. The van der Waals surface area contributed by atoms with Gasteiger partial charge in [-0.1, -0.05) is 41.9 Å². The molecule has 1 aliphatic rings. The molecule has 6 heteroatoms. The van der Waals surface area contributed by atoms with Crippen LogP contribution >= 0.6 is 11.6 Å². The lowest BCUT2D eigenvalue weighted by Gasteiger charge is -2.36. The van der Waals surface area contributed by atoms with Crippen molar-refractivity contribution in [3.8, 4) is 11.3 Å². The van der Waals surface area contributed by atoms with Gasteiger partial charge in [0.05, 0.1) is 12.2 Å². The maximum Gasteiger partial charge on any atom is 0.266 e. The minimum atomic E-state index is -0.0560. The normalized spacial score (nSPS) is 15.0. The van der Waals surface area contributed by atoms with E-state index in [2.05, 4.69) is 27.0 Å². The van der Waals surface area contributed by atoms with E-state index in [1.807, 2.05) is 42.5 Å². The summed E-state index contributed by atoms with van der Waals surface area (Å²) in [4.78, 5) is 17.0. The van der Waals surface area contributed by atoms with Gasteiger partial charge in [-0.25, -0.2) is 4.68 Å². The van der Waals surface area contributed by atoms with E-state index in [9.17, 15) is 4.79 Å². The zero-order valence-electron chi connectivity index (χ0n) is 15.7. The fourth-order valence-electron chi connectivity index (χ4n) is 3.49. The van der Waals surface area contributed by atoms with Gasteiger partial charge < -0.3 is 4.90 Å². The lowest BCUT2D eigenvalue weighted by Crippen LogP contribution is -2.47. The number of piperazine rings is 1. The van der Waals surface area contributed by atoms with E-state index in [0.717, 1.165) is 49.0 Å². The van der Waals surface area contributed by atoms with Gasteiger partial charge in [-0.15, -0.1) is 0 Å². The molecule has 2 aromatic carbocycles. The average Bonchev–Trinajstić information content (AvgIpc) is 2.75. The molecule has 144 valence electrons. The van der Waals surface area contributed by atoms with Crippen LogP contribution in [0.15, 0.2) is 71.5 Å². The smallest absolute Gasteiger partial charge is 0.266 e. The molecular weight excluding hydrogens is 372 g/mol. The van der Waals surface area contributed by atoms with E-state index in [1.165, 1.54) is 5.69 Å². The molecule has 1 aromatic heterocycles. The highest BCUT2D eigenvalue weighted by molar-refractivity contribution is 6.30. The first-order valence-electron chi connectivity index (χ1n) is 9.55. The van der Waals surface area contributed by atoms with Gasteiger partial charge in [0.2, 0.25) is 0 Å². The minimum Gasteiger partial charge on any atom is -0.369 e. The molecule has 1 fully saturated rings. The van der Waals surface area contributed by atoms with Crippen molar-refractivity contribution in [3.63, 3.8) is 0 Å². The van der Waals surface area contributed by atoms with Crippen LogP contribution in [0.3, 0.4) is 0 Å². The number of hydrogen-bond donors (Lipinski definition) is 0. The third-order valence-corrected chi connectivity index (χ3v) is 5.38. The second kappa shape index (κ2) is 8.59. The van der Waals surface area contributed by atoms with E-state index in [1.54, 1.807) is 16.8 Å². The molecule has 1 aliphatic heterocycles. The van der Waals surface area contributed by atoms with Crippen LogP contribution in [0.4, 0.5) is 5.69 Å². The lowest BCUT2D eigenvalue weighted by atomic mass is 10.1. The summed E-state index contributed by atoms with van der Waals surface area (Å²) in [6.45, 7) is 5.29. The molecule has 0 aliphatic carbocycles. The number of rotatable bonds is 5. The van der Waals surface area contributed by atoms with Crippen LogP contribution in [0.5, 0.6) is 0 Å². The van der Waals surface area contributed by atoms with E-state index in [4.69, 9.17) is 11.6 Å². The highest BCUT2D eigenvalue weighted by Crippen LogP contribution is 2.19. The SMILES string of the molecule is O=c1ccc(-c2ccccc2)nn1CCN1CCN(c2ccc(Cl)cc2)CC1. The Kier molecular flexibility index (Phi) is 5.74. The Hall–Kier alpha value is -2.63. The molecule has 0 radical (unpaired) electrons. The average molecular weight is 395 g/mol. The van der Waals surface area contributed by atoms with Crippen molar-refractivity contribution >= 4 is 17.3 Å². The maximum atomic E-state index is 12.2. The van der Waals surface area contributed by atoms with E-state index in [0.29, 0.717) is 6.54 Å². The number of benzene rings is 2. The maximum absolute atomic E-state index is 12.2. The monoisotopic (exact) mass is 394 g/mol. The van der Waals surface area contributed by atoms with Crippen molar-refractivity contribution in [1.29, 1.82) is 0 Å². The molecule has 5 nitrogen and oxygen atoms in total. The molecule has 2 heterocycles. The Balaban J connectivity index is 1.35. The number of aromatic nitrogens is 2. The summed E-state index contributed by atoms with van der Waals surface area (Å²) in [6.07, 6.45) is 0. The van der Waals surface area contributed by atoms with Gasteiger partial charge in [0.15, 0.2) is 0 Å². The Morgan fingerprint density at radius 3 is 2.25 bits per heavy atom. The van der Waals surface area contributed by atoms with E-state index >= 15 is 0 Å². The van der Waals surface area contributed by atoms with Gasteiger partial charge in [0.1, 0.15) is 0 Å². The minimum absolute atomic E-state index is 0.0560. The molecular formula is C22H23ClN4O. The predicted molar refractivity (Wildman–Crippen MR) is 114 cm³/mol. The van der Waals surface area contributed by atoms with Crippen LogP contribution in [0.1, 0.15) is 0 Å². The zero-order chi connectivity index (χ0) is 19.3. The van der Waals surface area contributed by atoms with E-state index in [-0.39, 0.29) is 5.56 Å². The lowest BCUT2D eigenvalue weighted by molar-refractivity contribution is 0.243. The third kappa shape index (κ3) is 4.43. The highest BCUT2D eigenvalue weighted by Gasteiger charge is 2.17. The fourth-order valence-corrected chi connectivity index (χ4v) is 3.62. The van der Waals surface area contributed by atoms with Gasteiger partial charge in [-0.2, -0.15) is 5.10 Å². The number of halogens is 1. The van der Waals surface area contributed by atoms with Crippen molar-refractivity contribution in [2.45, 2.75) is 6.54 Å². The topological polar surface area (TPSA) is 41.4 Å². The summed E-state index contributed by atoms with van der Waals surface area (Å²) >= 11 is 5.98. The fraction of sp³-hybridized carbons (Fsp3) is 0.273. The number of anilines is 1. The van der Waals surface area contributed by atoms with Gasteiger partial charge in [-0.05, 0) is 30.3 Å². The quantitative estimate of drug-likeness (QED) is 0.665. The molecule has 28 heavy (non-hydrogen) atoms. The van der Waals surface area contributed by atoms with Gasteiger partial charge in [-0.3, -0.25) is 9.69 Å². The molecule has 3 aromatic rings. The molecule has 4 rings (SSSR count). The number of hydrogen-bond acceptors (Lipinski definition) is 4. The standard InChI is InChI=1S/C22H23ClN4O/c23-19-6-8-20(9-7-19)26-15-12-25(13-16-26)14-17-27-22(28)11-10-21(24-27)18-4-2-1-3-5-18/h1-11H,12-17H2. The Morgan fingerprint density at radius 2 is 1.54 bits per heavy atom. The first kappa shape index (κ1) is 18.7. The molecule has 0 bridgehead atoms. The molecule has 0 N–H and O–H groups in total. The Labute approximate surface area is 169 Å². The molecule has 1 saturated heterocycles. The van der Waals surface area contributed by atoms with Crippen LogP contribution in [0.2, 0.25) is 5.02 Å². The predicted octanol–water partition coefficient (Wildman–Crippen LogP) is 3.39. The van der Waals surface area contributed by atoms with Crippen LogP contribution < -0.4 is 10.5 Å². The molecule has 0 unspecified atom stereocenters. The van der Waals surface area contributed by atoms with Crippen molar-refractivity contribution in [2.75, 3.05) is 37.6 Å². The van der Waals surface area contributed by atoms with Crippen molar-refractivity contribution in [3.05, 3.63) is 82.1 Å². The first-order valence-corrected chi connectivity index (χ1v) is 9.93. The summed E-state index contributed by atoms with van der Waals surface area (Å²) in [6, 6.07) is 21.3. The van der Waals surface area contributed by atoms with Crippen LogP contribution in [0.25, 0.3) is 11.3 Å². The summed E-state index contributed by atoms with van der Waals surface area (Å²) in [5.74, 6) is 0. The van der Waals surface area contributed by atoms with Crippen LogP contribution in [0, 0.1) is 0 Å². The third-order valence-electron chi connectivity index (χ3n) is 5.13. The van der Waals surface area contributed by atoms with Gasteiger partial charge in [0, 0.05) is 55.1 Å². The summed E-state index contributed by atoms with van der Waals surface area (Å²) in [7, 11) is 0. The van der Waals surface area contributed by atoms with Gasteiger partial charge >= 0.3 is 0 Å². The summed E-state index contributed by atoms with van der Waals surface area (Å²) in [5.41, 5.74) is 3.00. The largest absolute Gasteiger partial charge is 0.369 e. The Bertz CT molecular complexity index is 964. The van der Waals surface area contributed by atoms with E-state index < -0.39 is 0 Å². The van der Waals surface area contributed by atoms with Crippen molar-refractivity contribution < 1.29 is 0 Å². The summed E-state index contributed by atoms with van der Waals surface area (Å²) in [5, 5.41) is 5.31. The van der Waals surface area contributed by atoms with Gasteiger partial charge in [0.25, 0.3) is 5.56 Å². The zero-order valence-corrected chi connectivity index (χ0v) is 16.4.